The fraction of sp³-hybridized carbons (Fsp3) is 0.250. The van der Waals surface area contributed by atoms with E-state index in [-0.39, 0.29) is 5.91 Å². The maximum Gasteiger partial charge on any atom is 0.221 e. The number of aromatic nitrogens is 1. The minimum atomic E-state index is -0.1000. The molecule has 0 atom stereocenters. The highest BCUT2D eigenvalue weighted by Gasteiger charge is 2.04. The van der Waals surface area contributed by atoms with Gasteiger partial charge in [0, 0.05) is 30.8 Å². The van der Waals surface area contributed by atoms with Gasteiger partial charge in [0.15, 0.2) is 0 Å². The van der Waals surface area contributed by atoms with E-state index in [1.165, 1.54) is 12.5 Å². The van der Waals surface area contributed by atoms with Crippen LogP contribution < -0.4 is 10.1 Å². The SMILES string of the molecule is CC(=O)Nc1ccccc1OCCSCc1cccnc1. The van der Waals surface area contributed by atoms with Crippen LogP contribution in [0.5, 0.6) is 5.75 Å². The smallest absolute Gasteiger partial charge is 0.221 e. The maximum atomic E-state index is 11.1. The van der Waals surface area contributed by atoms with Crippen LogP contribution in [0.25, 0.3) is 0 Å². The van der Waals surface area contributed by atoms with E-state index in [1.54, 1.807) is 18.0 Å². The van der Waals surface area contributed by atoms with Gasteiger partial charge in [-0.2, -0.15) is 11.8 Å². The van der Waals surface area contributed by atoms with Crippen LogP contribution in [0.3, 0.4) is 0 Å². The molecule has 1 aromatic heterocycles. The minimum Gasteiger partial charge on any atom is -0.491 e. The molecule has 21 heavy (non-hydrogen) atoms. The van der Waals surface area contributed by atoms with Crippen LogP contribution >= 0.6 is 11.8 Å². The van der Waals surface area contributed by atoms with Crippen LogP contribution in [0.15, 0.2) is 48.8 Å². The molecule has 2 aromatic rings. The first-order valence-corrected chi connectivity index (χ1v) is 7.87. The van der Waals surface area contributed by atoms with Crippen molar-refractivity contribution in [2.45, 2.75) is 12.7 Å². The van der Waals surface area contributed by atoms with Crippen LogP contribution in [0.1, 0.15) is 12.5 Å². The van der Waals surface area contributed by atoms with Crippen molar-refractivity contribution in [1.29, 1.82) is 0 Å². The lowest BCUT2D eigenvalue weighted by Crippen LogP contribution is -2.09. The lowest BCUT2D eigenvalue weighted by molar-refractivity contribution is -0.114. The monoisotopic (exact) mass is 302 g/mol. The van der Waals surface area contributed by atoms with Crippen molar-refractivity contribution in [2.24, 2.45) is 0 Å². The quantitative estimate of drug-likeness (QED) is 0.797. The Kier molecular flexibility index (Phi) is 6.09. The number of nitrogens with zero attached hydrogens (tertiary/aromatic N) is 1. The Morgan fingerprint density at radius 2 is 2.14 bits per heavy atom. The topological polar surface area (TPSA) is 51.2 Å². The summed E-state index contributed by atoms with van der Waals surface area (Å²) >= 11 is 1.79. The average Bonchev–Trinajstić information content (AvgIpc) is 2.49. The number of amides is 1. The molecule has 0 fully saturated rings. The van der Waals surface area contributed by atoms with Gasteiger partial charge in [0.25, 0.3) is 0 Å². The lowest BCUT2D eigenvalue weighted by atomic mass is 10.3. The highest BCUT2D eigenvalue weighted by atomic mass is 32.2. The maximum absolute atomic E-state index is 11.1. The normalized spacial score (nSPS) is 10.1. The highest BCUT2D eigenvalue weighted by molar-refractivity contribution is 7.98. The second-order valence-electron chi connectivity index (χ2n) is 4.44. The summed E-state index contributed by atoms with van der Waals surface area (Å²) in [6.45, 7) is 2.09. The Bertz CT molecular complexity index is 575. The molecule has 0 unspecified atom stereocenters. The van der Waals surface area contributed by atoms with E-state index in [9.17, 15) is 4.79 Å². The Balaban J connectivity index is 1.75. The molecule has 0 aliphatic heterocycles. The van der Waals surface area contributed by atoms with Crippen molar-refractivity contribution in [3.63, 3.8) is 0 Å². The van der Waals surface area contributed by atoms with Gasteiger partial charge in [-0.25, -0.2) is 0 Å². The van der Waals surface area contributed by atoms with E-state index < -0.39 is 0 Å². The van der Waals surface area contributed by atoms with E-state index in [0.29, 0.717) is 18.0 Å². The number of hydrogen-bond donors (Lipinski definition) is 1. The third kappa shape index (κ3) is 5.47. The van der Waals surface area contributed by atoms with Gasteiger partial charge in [0.1, 0.15) is 5.75 Å². The standard InChI is InChI=1S/C16H18N2O2S/c1-13(19)18-15-6-2-3-7-16(15)20-9-10-21-12-14-5-4-8-17-11-14/h2-8,11H,9-10,12H2,1H3,(H,18,19). The second-order valence-corrected chi connectivity index (χ2v) is 5.54. The number of thioether (sulfide) groups is 1. The van der Waals surface area contributed by atoms with Gasteiger partial charge < -0.3 is 10.1 Å². The first-order chi connectivity index (χ1) is 10.3. The number of nitrogens with one attached hydrogen (secondary N) is 1. The summed E-state index contributed by atoms with van der Waals surface area (Å²) in [6, 6.07) is 11.5. The Labute approximate surface area is 128 Å². The second kappa shape index (κ2) is 8.32. The number of rotatable bonds is 7. The number of ether oxygens (including phenoxy) is 1. The summed E-state index contributed by atoms with van der Waals surface area (Å²) in [7, 11) is 0. The lowest BCUT2D eigenvalue weighted by Gasteiger charge is -2.11. The average molecular weight is 302 g/mol. The molecule has 0 saturated heterocycles. The first kappa shape index (κ1) is 15.4. The molecule has 0 aliphatic rings. The molecule has 1 aromatic carbocycles. The van der Waals surface area contributed by atoms with Gasteiger partial charge in [-0.1, -0.05) is 18.2 Å². The number of anilines is 1. The van der Waals surface area contributed by atoms with Crippen molar-refractivity contribution in [1.82, 2.24) is 4.98 Å². The van der Waals surface area contributed by atoms with E-state index in [4.69, 9.17) is 4.74 Å². The predicted octanol–water partition coefficient (Wildman–Crippen LogP) is 3.35. The molecule has 0 saturated carbocycles. The zero-order valence-electron chi connectivity index (χ0n) is 11.9. The van der Waals surface area contributed by atoms with E-state index in [0.717, 1.165) is 11.5 Å². The zero-order chi connectivity index (χ0) is 14.9. The van der Waals surface area contributed by atoms with Crippen LogP contribution in [0, 0.1) is 0 Å². The minimum absolute atomic E-state index is 0.1000. The summed E-state index contributed by atoms with van der Waals surface area (Å²) in [5.74, 6) is 2.40. The highest BCUT2D eigenvalue weighted by Crippen LogP contribution is 2.24. The van der Waals surface area contributed by atoms with E-state index >= 15 is 0 Å². The van der Waals surface area contributed by atoms with Crippen molar-refractivity contribution in [2.75, 3.05) is 17.7 Å². The van der Waals surface area contributed by atoms with Crippen LogP contribution in [-0.2, 0) is 10.5 Å². The summed E-state index contributed by atoms with van der Waals surface area (Å²) < 4.78 is 5.72. The molecule has 1 heterocycles. The molecule has 2 rings (SSSR count). The van der Waals surface area contributed by atoms with Gasteiger partial charge in [0.05, 0.1) is 12.3 Å². The van der Waals surface area contributed by atoms with Crippen molar-refractivity contribution >= 4 is 23.4 Å². The van der Waals surface area contributed by atoms with Crippen molar-refractivity contribution in [3.8, 4) is 5.75 Å². The van der Waals surface area contributed by atoms with E-state index in [1.807, 2.05) is 36.5 Å². The predicted molar refractivity (Wildman–Crippen MR) is 86.6 cm³/mol. The summed E-state index contributed by atoms with van der Waals surface area (Å²) in [4.78, 5) is 15.2. The first-order valence-electron chi connectivity index (χ1n) is 6.72. The molecule has 0 bridgehead atoms. The molecule has 1 N–H and O–H groups in total. The Hall–Kier alpha value is -2.01. The Morgan fingerprint density at radius 1 is 1.29 bits per heavy atom. The molecule has 0 radical (unpaired) electrons. The van der Waals surface area contributed by atoms with Gasteiger partial charge in [-0.15, -0.1) is 0 Å². The largest absolute Gasteiger partial charge is 0.491 e. The summed E-state index contributed by atoms with van der Waals surface area (Å²) in [5.41, 5.74) is 1.92. The Morgan fingerprint density at radius 3 is 2.90 bits per heavy atom. The number of benzene rings is 1. The molecule has 4 nitrogen and oxygen atoms in total. The molecule has 0 spiro atoms. The number of carbonyl (C=O) groups excluding carboxylic acids is 1. The third-order valence-corrected chi connectivity index (χ3v) is 3.67. The molecular formula is C16H18N2O2S. The fourth-order valence-electron chi connectivity index (χ4n) is 1.77. The molecule has 110 valence electrons. The van der Waals surface area contributed by atoms with Gasteiger partial charge >= 0.3 is 0 Å². The summed E-state index contributed by atoms with van der Waals surface area (Å²) in [6.07, 6.45) is 3.65. The van der Waals surface area contributed by atoms with Crippen molar-refractivity contribution < 1.29 is 9.53 Å². The number of carbonyl (C=O) groups is 1. The van der Waals surface area contributed by atoms with Crippen LogP contribution in [-0.4, -0.2) is 23.3 Å². The number of hydrogen-bond acceptors (Lipinski definition) is 4. The van der Waals surface area contributed by atoms with Gasteiger partial charge in [0.2, 0.25) is 5.91 Å². The van der Waals surface area contributed by atoms with Gasteiger partial charge in [-0.05, 0) is 23.8 Å². The molecule has 5 heteroatoms. The van der Waals surface area contributed by atoms with E-state index in [2.05, 4.69) is 16.4 Å². The molecule has 1 amide bonds. The van der Waals surface area contributed by atoms with Crippen LogP contribution in [0.2, 0.25) is 0 Å². The number of pyridine rings is 1. The van der Waals surface area contributed by atoms with Crippen molar-refractivity contribution in [3.05, 3.63) is 54.4 Å². The van der Waals surface area contributed by atoms with Gasteiger partial charge in [-0.3, -0.25) is 9.78 Å². The summed E-state index contributed by atoms with van der Waals surface area (Å²) in [5, 5.41) is 2.76. The molecule has 0 aliphatic carbocycles. The zero-order valence-corrected chi connectivity index (χ0v) is 12.7. The number of para-hydroxylation sites is 2. The van der Waals surface area contributed by atoms with Crippen LogP contribution in [0.4, 0.5) is 5.69 Å². The fourth-order valence-corrected chi connectivity index (χ4v) is 2.52. The third-order valence-electron chi connectivity index (χ3n) is 2.67. The molecular weight excluding hydrogens is 284 g/mol.